The van der Waals surface area contributed by atoms with Crippen molar-refractivity contribution in [3.63, 3.8) is 0 Å². The van der Waals surface area contributed by atoms with Gasteiger partial charge >= 0.3 is 0 Å². The van der Waals surface area contributed by atoms with Gasteiger partial charge in [0.1, 0.15) is 0 Å². The molecular weight excluding hydrogens is 312 g/mol. The van der Waals surface area contributed by atoms with Gasteiger partial charge in [-0.3, -0.25) is 0 Å². The Hall–Kier alpha value is -3.38. The summed E-state index contributed by atoms with van der Waals surface area (Å²) in [6, 6.07) is 31.3. The van der Waals surface area contributed by atoms with Crippen molar-refractivity contribution in [1.29, 1.82) is 0 Å². The fourth-order valence-electron chi connectivity index (χ4n) is 5.21. The zero-order valence-corrected chi connectivity index (χ0v) is 14.1. The van der Waals surface area contributed by atoms with E-state index in [2.05, 4.69) is 84.9 Å². The molecule has 0 nitrogen and oxygen atoms in total. The Kier molecular flexibility index (Phi) is 2.10. The summed E-state index contributed by atoms with van der Waals surface area (Å²) in [5, 5.41) is 16.7. The van der Waals surface area contributed by atoms with Crippen LogP contribution in [0.4, 0.5) is 0 Å². The third-order valence-corrected chi connectivity index (χ3v) is 6.14. The third kappa shape index (κ3) is 1.28. The van der Waals surface area contributed by atoms with Gasteiger partial charge in [-0.05, 0) is 64.6 Å². The maximum Gasteiger partial charge on any atom is -0.00137 e. The van der Waals surface area contributed by atoms with E-state index in [0.717, 1.165) is 0 Å². The summed E-state index contributed by atoms with van der Waals surface area (Å²) in [4.78, 5) is 0. The lowest BCUT2D eigenvalue weighted by Gasteiger charge is -2.07. The summed E-state index contributed by atoms with van der Waals surface area (Å²) < 4.78 is 0. The molecule has 0 saturated heterocycles. The van der Waals surface area contributed by atoms with Crippen molar-refractivity contribution in [3.8, 4) is 0 Å². The predicted molar refractivity (Wildman–Crippen MR) is 114 cm³/mol. The van der Waals surface area contributed by atoms with Gasteiger partial charge in [0.2, 0.25) is 0 Å². The first-order chi connectivity index (χ1) is 12.9. The molecule has 0 aliphatic carbocycles. The van der Waals surface area contributed by atoms with Crippen LogP contribution in [0.3, 0.4) is 0 Å². The number of rotatable bonds is 0. The van der Waals surface area contributed by atoms with E-state index in [1.165, 1.54) is 64.6 Å². The van der Waals surface area contributed by atoms with Gasteiger partial charge in [-0.15, -0.1) is 0 Å². The second-order valence-electron chi connectivity index (χ2n) is 7.30. The number of hydrogen-bond acceptors (Lipinski definition) is 0. The van der Waals surface area contributed by atoms with Gasteiger partial charge in [0.05, 0.1) is 0 Å². The molecule has 7 rings (SSSR count). The van der Waals surface area contributed by atoms with Gasteiger partial charge in [-0.25, -0.2) is 0 Å². The molecule has 0 heterocycles. The van der Waals surface area contributed by atoms with Crippen molar-refractivity contribution in [2.24, 2.45) is 0 Å². The summed E-state index contributed by atoms with van der Waals surface area (Å²) in [6.45, 7) is 0. The Morgan fingerprint density at radius 3 is 0.885 bits per heavy atom. The predicted octanol–water partition coefficient (Wildman–Crippen LogP) is 7.48. The highest BCUT2D eigenvalue weighted by molar-refractivity contribution is 6.47. The molecule has 26 heavy (non-hydrogen) atoms. The average molecular weight is 326 g/mol. The molecule has 7 aromatic carbocycles. The smallest absolute Gasteiger partial charge is 0.00137 e. The molecule has 118 valence electrons. The molecule has 0 aliphatic rings. The first-order valence-electron chi connectivity index (χ1n) is 9.14. The van der Waals surface area contributed by atoms with Crippen LogP contribution in [0, 0.1) is 0 Å². The van der Waals surface area contributed by atoms with E-state index in [1.54, 1.807) is 0 Å². The van der Waals surface area contributed by atoms with Crippen molar-refractivity contribution >= 4 is 64.6 Å². The van der Waals surface area contributed by atoms with Crippen LogP contribution in [-0.2, 0) is 0 Å². The van der Waals surface area contributed by atoms with Crippen molar-refractivity contribution < 1.29 is 0 Å². The van der Waals surface area contributed by atoms with Crippen LogP contribution in [-0.4, -0.2) is 0 Å². The fraction of sp³-hybridized carbons (Fsp3) is 0. The van der Waals surface area contributed by atoms with Crippen LogP contribution in [0.15, 0.2) is 84.9 Å². The summed E-state index contributed by atoms with van der Waals surface area (Å²) in [7, 11) is 0. The molecule has 0 atom stereocenters. The topological polar surface area (TPSA) is 0 Å². The molecule has 0 heteroatoms. The molecule has 0 aromatic heterocycles. The largest absolute Gasteiger partial charge is 0.0616 e. The molecule has 0 aliphatic heterocycles. The Bertz CT molecular complexity index is 1490. The summed E-state index contributed by atoms with van der Waals surface area (Å²) >= 11 is 0. The number of hydrogen-bond donors (Lipinski definition) is 0. The van der Waals surface area contributed by atoms with Gasteiger partial charge in [0.25, 0.3) is 0 Å². The van der Waals surface area contributed by atoms with E-state index in [4.69, 9.17) is 0 Å². The highest BCUT2D eigenvalue weighted by Crippen LogP contribution is 2.49. The van der Waals surface area contributed by atoms with E-state index >= 15 is 0 Å². The van der Waals surface area contributed by atoms with Crippen molar-refractivity contribution in [1.82, 2.24) is 0 Å². The van der Waals surface area contributed by atoms with Crippen LogP contribution in [0.5, 0.6) is 0 Å². The minimum absolute atomic E-state index is 1.37. The minimum Gasteiger partial charge on any atom is -0.0616 e. The van der Waals surface area contributed by atoms with E-state index in [9.17, 15) is 0 Å². The quantitative estimate of drug-likeness (QED) is 0.253. The highest BCUT2D eigenvalue weighted by Gasteiger charge is 2.20. The van der Waals surface area contributed by atoms with Gasteiger partial charge in [0, 0.05) is 0 Å². The number of fused-ring (bicyclic) bond motifs is 8. The SMILES string of the molecule is c1ccc2c(c1)c1cccc3c4c5ccccc5c5cccc(c2c13)c54. The Labute approximate surface area is 149 Å². The normalized spacial score (nSPS) is 12.6. The van der Waals surface area contributed by atoms with Crippen LogP contribution in [0.2, 0.25) is 0 Å². The zero-order chi connectivity index (χ0) is 16.8. The standard InChI is InChI=1S/C26H14/c1-3-9-17-15(7-1)19-11-5-13-22-24-18-10-4-2-8-16(18)20-12-6-14-21(26(20)24)23(17)25(19)22/h1-14H. The molecule has 7 aromatic rings. The Morgan fingerprint density at radius 2 is 0.500 bits per heavy atom. The van der Waals surface area contributed by atoms with Gasteiger partial charge in [-0.1, -0.05) is 84.9 Å². The summed E-state index contributed by atoms with van der Waals surface area (Å²) in [6.07, 6.45) is 0. The zero-order valence-electron chi connectivity index (χ0n) is 14.1. The highest BCUT2D eigenvalue weighted by atomic mass is 14.2. The lowest BCUT2D eigenvalue weighted by Crippen LogP contribution is -1.79. The number of benzene rings is 5. The minimum atomic E-state index is 1.37. The molecule has 0 saturated carbocycles. The van der Waals surface area contributed by atoms with Gasteiger partial charge in [0.15, 0.2) is 0 Å². The maximum absolute atomic E-state index is 2.31. The second-order valence-corrected chi connectivity index (χ2v) is 7.30. The molecule has 0 amide bonds. The average Bonchev–Trinajstić information content (AvgIpc) is 3.22. The van der Waals surface area contributed by atoms with Crippen LogP contribution < -0.4 is 0 Å². The fourth-order valence-corrected chi connectivity index (χ4v) is 5.21. The third-order valence-electron chi connectivity index (χ3n) is 6.14. The van der Waals surface area contributed by atoms with Gasteiger partial charge in [-0.2, -0.15) is 0 Å². The lowest BCUT2D eigenvalue weighted by atomic mass is 9.95. The molecule has 0 fully saturated rings. The monoisotopic (exact) mass is 326 g/mol. The van der Waals surface area contributed by atoms with Crippen LogP contribution in [0.25, 0.3) is 64.6 Å². The van der Waals surface area contributed by atoms with E-state index < -0.39 is 0 Å². The van der Waals surface area contributed by atoms with Gasteiger partial charge < -0.3 is 0 Å². The molecule has 0 bridgehead atoms. The van der Waals surface area contributed by atoms with Crippen molar-refractivity contribution in [3.05, 3.63) is 84.9 Å². The van der Waals surface area contributed by atoms with E-state index in [0.29, 0.717) is 0 Å². The second kappa shape index (κ2) is 4.23. The van der Waals surface area contributed by atoms with Crippen molar-refractivity contribution in [2.45, 2.75) is 0 Å². The summed E-state index contributed by atoms with van der Waals surface area (Å²) in [5.74, 6) is 0. The molecule has 0 unspecified atom stereocenters. The summed E-state index contributed by atoms with van der Waals surface area (Å²) in [5.41, 5.74) is 0. The molecule has 0 radical (unpaired) electrons. The van der Waals surface area contributed by atoms with E-state index in [-0.39, 0.29) is 0 Å². The molecule has 0 spiro atoms. The first-order valence-corrected chi connectivity index (χ1v) is 9.14. The Balaban J connectivity index is 2.02. The first kappa shape index (κ1) is 12.9. The van der Waals surface area contributed by atoms with E-state index in [1.807, 2.05) is 0 Å². The maximum atomic E-state index is 2.31. The molecule has 0 N–H and O–H groups in total. The molecular formula is C26H14. The van der Waals surface area contributed by atoms with Crippen molar-refractivity contribution in [2.75, 3.05) is 0 Å². The van der Waals surface area contributed by atoms with Crippen LogP contribution in [0.1, 0.15) is 0 Å². The lowest BCUT2D eigenvalue weighted by molar-refractivity contribution is 1.85. The Morgan fingerprint density at radius 1 is 0.231 bits per heavy atom. The van der Waals surface area contributed by atoms with Crippen LogP contribution >= 0.6 is 0 Å².